The van der Waals surface area contributed by atoms with Crippen LogP contribution in [0.15, 0.2) is 78.9 Å². The minimum atomic E-state index is -0.288. The fraction of sp³-hybridized carbons (Fsp3) is 0.167. The Morgan fingerprint density at radius 1 is 0.933 bits per heavy atom. The highest BCUT2D eigenvalue weighted by atomic mass is 35.5. The number of carbonyl (C=O) groups is 2. The summed E-state index contributed by atoms with van der Waals surface area (Å²) in [5, 5.41) is 15.9. The Balaban J connectivity index is 1.63. The lowest BCUT2D eigenvalue weighted by Gasteiger charge is -2.16. The van der Waals surface area contributed by atoms with Crippen molar-refractivity contribution in [2.24, 2.45) is 0 Å². The number of aliphatic hydroxyl groups is 1. The number of hydrogen-bond donors (Lipinski definition) is 3. The zero-order valence-electron chi connectivity index (χ0n) is 16.3. The Morgan fingerprint density at radius 2 is 1.60 bits per heavy atom. The van der Waals surface area contributed by atoms with Crippen molar-refractivity contribution < 1.29 is 14.7 Å². The quantitative estimate of drug-likeness (QED) is 0.457. The van der Waals surface area contributed by atoms with Gasteiger partial charge in [0.25, 0.3) is 0 Å². The van der Waals surface area contributed by atoms with E-state index in [2.05, 4.69) is 10.6 Å². The van der Waals surface area contributed by atoms with Crippen LogP contribution in [0.4, 0.5) is 5.69 Å². The molecule has 3 aromatic carbocycles. The van der Waals surface area contributed by atoms with Gasteiger partial charge in [0.2, 0.25) is 5.91 Å². The van der Waals surface area contributed by atoms with Crippen LogP contribution in [0.5, 0.6) is 0 Å². The molecule has 3 N–H and O–H groups in total. The zero-order valence-corrected chi connectivity index (χ0v) is 17.1. The number of hydrogen-bond acceptors (Lipinski definition) is 4. The fourth-order valence-corrected chi connectivity index (χ4v) is 3.30. The molecule has 0 saturated heterocycles. The molecule has 6 heteroatoms. The normalized spacial score (nSPS) is 11.7. The summed E-state index contributed by atoms with van der Waals surface area (Å²) in [5.74, 6) is -0.611. The molecule has 30 heavy (non-hydrogen) atoms. The third-order valence-electron chi connectivity index (χ3n) is 4.70. The predicted octanol–water partition coefficient (Wildman–Crippen LogP) is 3.88. The van der Waals surface area contributed by atoms with E-state index in [1.807, 2.05) is 36.4 Å². The van der Waals surface area contributed by atoms with Crippen LogP contribution in [0.3, 0.4) is 0 Å². The van der Waals surface area contributed by atoms with E-state index in [9.17, 15) is 14.7 Å². The molecular formula is C24H23ClN2O3. The number of halogens is 1. The smallest absolute Gasteiger partial charge is 0.238 e. The van der Waals surface area contributed by atoms with Crippen LogP contribution < -0.4 is 10.6 Å². The van der Waals surface area contributed by atoms with Crippen LogP contribution in [0.25, 0.3) is 0 Å². The number of rotatable bonds is 9. The second-order valence-corrected chi connectivity index (χ2v) is 7.29. The highest BCUT2D eigenvalue weighted by Gasteiger charge is 2.16. The van der Waals surface area contributed by atoms with Gasteiger partial charge in [-0.1, -0.05) is 72.3 Å². The van der Waals surface area contributed by atoms with E-state index in [4.69, 9.17) is 11.6 Å². The van der Waals surface area contributed by atoms with Gasteiger partial charge < -0.3 is 15.7 Å². The molecule has 5 nitrogen and oxygen atoms in total. The number of aliphatic hydroxyl groups excluding tert-OH is 1. The molecular weight excluding hydrogens is 400 g/mol. The molecule has 0 aliphatic heterocycles. The number of nitrogens with one attached hydrogen (secondary N) is 2. The van der Waals surface area contributed by atoms with Gasteiger partial charge in [-0.2, -0.15) is 0 Å². The molecule has 0 spiro atoms. The Bertz CT molecular complexity index is 994. The first-order valence-electron chi connectivity index (χ1n) is 9.64. The maximum Gasteiger partial charge on any atom is 0.238 e. The zero-order chi connectivity index (χ0) is 21.3. The standard InChI is InChI=1S/C24H23ClN2O3/c25-20-11-12-22(21(13-20)24(30)18-9-5-2-6-10-18)27-23(29)15-26-14-19(16-28)17-7-3-1-4-8-17/h1-13,19,26,28H,14-16H2,(H,27,29)/t19-/m0/s1. The van der Waals surface area contributed by atoms with Crippen LogP contribution in [-0.4, -0.2) is 36.5 Å². The predicted molar refractivity (Wildman–Crippen MR) is 119 cm³/mol. The molecule has 0 bridgehead atoms. The topological polar surface area (TPSA) is 78.4 Å². The molecule has 0 aliphatic carbocycles. The van der Waals surface area contributed by atoms with Crippen molar-refractivity contribution >= 4 is 29.0 Å². The monoisotopic (exact) mass is 422 g/mol. The fourth-order valence-electron chi connectivity index (χ4n) is 3.13. The molecule has 1 atom stereocenters. The van der Waals surface area contributed by atoms with Crippen molar-refractivity contribution in [1.82, 2.24) is 5.32 Å². The lowest BCUT2D eigenvalue weighted by atomic mass is 10.0. The lowest BCUT2D eigenvalue weighted by molar-refractivity contribution is -0.115. The highest BCUT2D eigenvalue weighted by Crippen LogP contribution is 2.23. The van der Waals surface area contributed by atoms with E-state index in [0.29, 0.717) is 28.4 Å². The van der Waals surface area contributed by atoms with Gasteiger partial charge in [0.15, 0.2) is 5.78 Å². The van der Waals surface area contributed by atoms with Crippen LogP contribution >= 0.6 is 11.6 Å². The van der Waals surface area contributed by atoms with E-state index in [-0.39, 0.29) is 30.8 Å². The van der Waals surface area contributed by atoms with Crippen LogP contribution in [0.1, 0.15) is 27.4 Å². The van der Waals surface area contributed by atoms with E-state index in [1.54, 1.807) is 42.5 Å². The molecule has 154 valence electrons. The Morgan fingerprint density at radius 3 is 2.27 bits per heavy atom. The summed E-state index contributed by atoms with van der Waals surface area (Å²) in [6, 6.07) is 23.3. The number of anilines is 1. The minimum Gasteiger partial charge on any atom is -0.396 e. The first-order valence-corrected chi connectivity index (χ1v) is 10.0. The Labute approximate surface area is 180 Å². The summed E-state index contributed by atoms with van der Waals surface area (Å²) >= 11 is 6.08. The average Bonchev–Trinajstić information content (AvgIpc) is 2.78. The third-order valence-corrected chi connectivity index (χ3v) is 4.94. The van der Waals surface area contributed by atoms with Gasteiger partial charge in [-0.25, -0.2) is 0 Å². The van der Waals surface area contributed by atoms with Gasteiger partial charge >= 0.3 is 0 Å². The van der Waals surface area contributed by atoms with E-state index >= 15 is 0 Å². The second-order valence-electron chi connectivity index (χ2n) is 6.85. The summed E-state index contributed by atoms with van der Waals surface area (Å²) in [4.78, 5) is 25.3. The lowest BCUT2D eigenvalue weighted by Crippen LogP contribution is -2.32. The summed E-state index contributed by atoms with van der Waals surface area (Å²) < 4.78 is 0. The van der Waals surface area contributed by atoms with E-state index in [0.717, 1.165) is 5.56 Å². The van der Waals surface area contributed by atoms with Crippen molar-refractivity contribution in [1.29, 1.82) is 0 Å². The maximum absolute atomic E-state index is 12.8. The van der Waals surface area contributed by atoms with Crippen LogP contribution in [0.2, 0.25) is 5.02 Å². The molecule has 0 radical (unpaired) electrons. The number of ketones is 1. The Kier molecular flexibility index (Phi) is 7.74. The Hall–Kier alpha value is -2.99. The average molecular weight is 423 g/mol. The van der Waals surface area contributed by atoms with E-state index in [1.165, 1.54) is 0 Å². The molecule has 0 fully saturated rings. The van der Waals surface area contributed by atoms with Gasteiger partial charge in [-0.05, 0) is 23.8 Å². The highest BCUT2D eigenvalue weighted by molar-refractivity contribution is 6.31. The SMILES string of the molecule is O=C(CNC[C@@H](CO)c1ccccc1)Nc1ccc(Cl)cc1C(=O)c1ccccc1. The molecule has 0 unspecified atom stereocenters. The van der Waals surface area contributed by atoms with Crippen molar-refractivity contribution in [3.05, 3.63) is 101 Å². The van der Waals surface area contributed by atoms with Crippen molar-refractivity contribution in [2.75, 3.05) is 25.0 Å². The van der Waals surface area contributed by atoms with Crippen molar-refractivity contribution in [3.63, 3.8) is 0 Å². The molecule has 0 aromatic heterocycles. The van der Waals surface area contributed by atoms with Crippen LogP contribution in [0, 0.1) is 0 Å². The van der Waals surface area contributed by atoms with Gasteiger partial charge in [-0.15, -0.1) is 0 Å². The summed E-state index contributed by atoms with van der Waals surface area (Å²) in [5.41, 5.74) is 2.25. The maximum atomic E-state index is 12.8. The van der Waals surface area contributed by atoms with E-state index < -0.39 is 0 Å². The molecule has 3 rings (SSSR count). The molecule has 0 heterocycles. The second kappa shape index (κ2) is 10.7. The van der Waals surface area contributed by atoms with Gasteiger partial charge in [0, 0.05) is 28.6 Å². The summed E-state index contributed by atoms with van der Waals surface area (Å²) in [6.45, 7) is 0.473. The molecule has 0 saturated carbocycles. The van der Waals surface area contributed by atoms with Gasteiger partial charge in [0.1, 0.15) is 0 Å². The third kappa shape index (κ3) is 5.76. The molecule has 1 amide bonds. The van der Waals surface area contributed by atoms with Gasteiger partial charge in [0.05, 0.1) is 18.8 Å². The minimum absolute atomic E-state index is 0.0223. The largest absolute Gasteiger partial charge is 0.396 e. The van der Waals surface area contributed by atoms with Crippen molar-refractivity contribution in [3.8, 4) is 0 Å². The summed E-state index contributed by atoms with van der Waals surface area (Å²) in [6.07, 6.45) is 0. The van der Waals surface area contributed by atoms with Gasteiger partial charge in [-0.3, -0.25) is 9.59 Å². The van der Waals surface area contributed by atoms with Crippen LogP contribution in [-0.2, 0) is 4.79 Å². The number of benzene rings is 3. The first-order chi connectivity index (χ1) is 14.6. The number of carbonyl (C=O) groups excluding carboxylic acids is 2. The van der Waals surface area contributed by atoms with Crippen molar-refractivity contribution in [2.45, 2.75) is 5.92 Å². The molecule has 0 aliphatic rings. The first kappa shape index (κ1) is 21.7. The molecule has 3 aromatic rings. The summed E-state index contributed by atoms with van der Waals surface area (Å²) in [7, 11) is 0. The number of amides is 1.